The van der Waals surface area contributed by atoms with Gasteiger partial charge in [-0.1, -0.05) is 32.9 Å². The first-order valence-electron chi connectivity index (χ1n) is 6.42. The van der Waals surface area contributed by atoms with Crippen molar-refractivity contribution in [3.8, 4) is 5.75 Å². The smallest absolute Gasteiger partial charge is 0.141 e. The second-order valence-electron chi connectivity index (χ2n) is 5.56. The molecule has 0 saturated heterocycles. The van der Waals surface area contributed by atoms with Crippen LogP contribution in [-0.2, 0) is 12.0 Å². The van der Waals surface area contributed by atoms with Crippen LogP contribution in [0.3, 0.4) is 0 Å². The number of methoxy groups -OCH3 is 1. The molecule has 2 aromatic rings. The fraction of sp³-hybridized carbons (Fsp3) is 0.400. The van der Waals surface area contributed by atoms with Gasteiger partial charge in [-0.25, -0.2) is 0 Å². The van der Waals surface area contributed by atoms with Crippen molar-refractivity contribution in [2.45, 2.75) is 32.7 Å². The lowest BCUT2D eigenvalue weighted by Gasteiger charge is -2.18. The summed E-state index contributed by atoms with van der Waals surface area (Å²) in [5.41, 5.74) is 3.30. The zero-order chi connectivity index (χ0) is 13.9. The molecule has 1 heterocycles. The highest BCUT2D eigenvalue weighted by Crippen LogP contribution is 2.26. The number of ether oxygens (including phenoxy) is 1. The molecule has 1 aromatic carbocycles. The number of aromatic nitrogens is 2. The first-order valence-corrected chi connectivity index (χ1v) is 6.42. The highest BCUT2D eigenvalue weighted by atomic mass is 16.5. The maximum absolute atomic E-state index is 5.33. The van der Waals surface area contributed by atoms with Crippen molar-refractivity contribution in [1.82, 2.24) is 10.2 Å². The Morgan fingerprint density at radius 1 is 1.26 bits per heavy atom. The van der Waals surface area contributed by atoms with Crippen LogP contribution < -0.4 is 10.1 Å². The molecular formula is C15H21N3O. The maximum atomic E-state index is 5.33. The minimum Gasteiger partial charge on any atom is -0.495 e. The standard InChI is InChI=1S/C15H21N3O/c1-15(2,3)14-11(10-17-18-14)9-16-12-7-5-6-8-13(12)19-4/h5-8,10,16H,9H2,1-4H3,(H,17,18). The summed E-state index contributed by atoms with van der Waals surface area (Å²) in [4.78, 5) is 0. The zero-order valence-corrected chi connectivity index (χ0v) is 11.9. The van der Waals surface area contributed by atoms with E-state index in [0.29, 0.717) is 0 Å². The molecule has 0 aliphatic heterocycles. The third-order valence-electron chi connectivity index (χ3n) is 3.01. The molecule has 0 saturated carbocycles. The Morgan fingerprint density at radius 3 is 2.68 bits per heavy atom. The second kappa shape index (κ2) is 5.34. The number of hydrogen-bond acceptors (Lipinski definition) is 3. The van der Waals surface area contributed by atoms with Gasteiger partial charge in [0.15, 0.2) is 0 Å². The van der Waals surface area contributed by atoms with Gasteiger partial charge in [0.25, 0.3) is 0 Å². The average Bonchev–Trinajstić information content (AvgIpc) is 2.85. The molecule has 0 atom stereocenters. The normalized spacial score (nSPS) is 11.4. The Kier molecular flexibility index (Phi) is 3.79. The van der Waals surface area contributed by atoms with Crippen LogP contribution in [0.1, 0.15) is 32.0 Å². The van der Waals surface area contributed by atoms with E-state index < -0.39 is 0 Å². The summed E-state index contributed by atoms with van der Waals surface area (Å²) in [6, 6.07) is 7.91. The van der Waals surface area contributed by atoms with Crippen LogP contribution in [-0.4, -0.2) is 17.3 Å². The number of nitrogens with zero attached hydrogens (tertiary/aromatic N) is 1. The van der Waals surface area contributed by atoms with E-state index in [4.69, 9.17) is 4.74 Å². The van der Waals surface area contributed by atoms with E-state index in [-0.39, 0.29) is 5.41 Å². The van der Waals surface area contributed by atoms with E-state index in [1.807, 2.05) is 30.5 Å². The largest absolute Gasteiger partial charge is 0.495 e. The van der Waals surface area contributed by atoms with Gasteiger partial charge in [-0.2, -0.15) is 5.10 Å². The van der Waals surface area contributed by atoms with Gasteiger partial charge in [-0.15, -0.1) is 0 Å². The molecule has 0 aliphatic carbocycles. The van der Waals surface area contributed by atoms with Crippen LogP contribution in [0.4, 0.5) is 5.69 Å². The summed E-state index contributed by atoms with van der Waals surface area (Å²) in [5.74, 6) is 0.850. The molecule has 4 heteroatoms. The molecule has 0 bridgehead atoms. The SMILES string of the molecule is COc1ccccc1NCc1c[nH]nc1C(C)(C)C. The number of para-hydroxylation sites is 2. The van der Waals surface area contributed by atoms with E-state index in [9.17, 15) is 0 Å². The highest BCUT2D eigenvalue weighted by molar-refractivity contribution is 5.56. The summed E-state index contributed by atoms with van der Waals surface area (Å²) in [6.45, 7) is 7.21. The van der Waals surface area contributed by atoms with Crippen LogP contribution in [0.5, 0.6) is 5.75 Å². The first kappa shape index (κ1) is 13.5. The molecule has 102 valence electrons. The number of H-pyrrole nitrogens is 1. The molecule has 0 unspecified atom stereocenters. The number of hydrogen-bond donors (Lipinski definition) is 2. The fourth-order valence-corrected chi connectivity index (χ4v) is 2.08. The van der Waals surface area contributed by atoms with Gasteiger partial charge < -0.3 is 10.1 Å². The third kappa shape index (κ3) is 3.08. The lowest BCUT2D eigenvalue weighted by atomic mass is 9.89. The first-order chi connectivity index (χ1) is 9.02. The topological polar surface area (TPSA) is 49.9 Å². The average molecular weight is 259 g/mol. The molecule has 19 heavy (non-hydrogen) atoms. The molecule has 2 N–H and O–H groups in total. The predicted octanol–water partition coefficient (Wildman–Crippen LogP) is 3.33. The number of aromatic amines is 1. The summed E-state index contributed by atoms with van der Waals surface area (Å²) < 4.78 is 5.33. The second-order valence-corrected chi connectivity index (χ2v) is 5.56. The Balaban J connectivity index is 2.13. The Bertz CT molecular complexity index is 540. The highest BCUT2D eigenvalue weighted by Gasteiger charge is 2.20. The number of nitrogens with one attached hydrogen (secondary N) is 2. The van der Waals surface area contributed by atoms with E-state index in [2.05, 4.69) is 36.3 Å². The van der Waals surface area contributed by atoms with Crippen LogP contribution in [0, 0.1) is 0 Å². The van der Waals surface area contributed by atoms with Crippen LogP contribution in [0.25, 0.3) is 0 Å². The van der Waals surface area contributed by atoms with E-state index in [0.717, 1.165) is 23.7 Å². The molecule has 2 rings (SSSR count). The summed E-state index contributed by atoms with van der Waals surface area (Å²) in [7, 11) is 1.68. The van der Waals surface area contributed by atoms with Gasteiger partial charge in [-0.3, -0.25) is 5.10 Å². The Labute approximate surface area is 114 Å². The van der Waals surface area contributed by atoms with Crippen molar-refractivity contribution in [2.75, 3.05) is 12.4 Å². The zero-order valence-electron chi connectivity index (χ0n) is 11.9. The van der Waals surface area contributed by atoms with Crippen molar-refractivity contribution in [2.24, 2.45) is 0 Å². The Hall–Kier alpha value is -1.97. The van der Waals surface area contributed by atoms with Crippen molar-refractivity contribution in [3.63, 3.8) is 0 Å². The molecule has 0 spiro atoms. The maximum Gasteiger partial charge on any atom is 0.141 e. The van der Waals surface area contributed by atoms with Gasteiger partial charge in [0, 0.05) is 23.7 Å². The van der Waals surface area contributed by atoms with E-state index in [1.165, 1.54) is 5.56 Å². The van der Waals surface area contributed by atoms with Crippen LogP contribution >= 0.6 is 0 Å². The number of benzene rings is 1. The molecule has 1 aromatic heterocycles. The van der Waals surface area contributed by atoms with Gasteiger partial charge >= 0.3 is 0 Å². The van der Waals surface area contributed by atoms with Crippen molar-refractivity contribution in [1.29, 1.82) is 0 Å². The number of rotatable bonds is 4. The minimum absolute atomic E-state index is 0.0395. The van der Waals surface area contributed by atoms with Crippen LogP contribution in [0.15, 0.2) is 30.5 Å². The fourth-order valence-electron chi connectivity index (χ4n) is 2.08. The van der Waals surface area contributed by atoms with Gasteiger partial charge in [0.05, 0.1) is 18.5 Å². The van der Waals surface area contributed by atoms with Crippen molar-refractivity contribution >= 4 is 5.69 Å². The molecular weight excluding hydrogens is 238 g/mol. The van der Waals surface area contributed by atoms with Gasteiger partial charge in [0.2, 0.25) is 0 Å². The third-order valence-corrected chi connectivity index (χ3v) is 3.01. The Morgan fingerprint density at radius 2 is 2.00 bits per heavy atom. The summed E-state index contributed by atoms with van der Waals surface area (Å²) in [6.07, 6.45) is 1.95. The molecule has 0 aliphatic rings. The molecule has 0 amide bonds. The monoisotopic (exact) mass is 259 g/mol. The van der Waals surface area contributed by atoms with Gasteiger partial charge in [-0.05, 0) is 12.1 Å². The quantitative estimate of drug-likeness (QED) is 0.885. The summed E-state index contributed by atoms with van der Waals surface area (Å²) >= 11 is 0. The number of anilines is 1. The van der Waals surface area contributed by atoms with E-state index in [1.54, 1.807) is 7.11 Å². The predicted molar refractivity (Wildman–Crippen MR) is 77.6 cm³/mol. The molecule has 0 fully saturated rings. The van der Waals surface area contributed by atoms with Crippen molar-refractivity contribution < 1.29 is 4.74 Å². The van der Waals surface area contributed by atoms with Crippen LogP contribution in [0.2, 0.25) is 0 Å². The lowest BCUT2D eigenvalue weighted by Crippen LogP contribution is -2.15. The van der Waals surface area contributed by atoms with E-state index >= 15 is 0 Å². The lowest BCUT2D eigenvalue weighted by molar-refractivity contribution is 0.416. The molecule has 4 nitrogen and oxygen atoms in total. The minimum atomic E-state index is 0.0395. The molecule has 0 radical (unpaired) electrons. The van der Waals surface area contributed by atoms with Crippen molar-refractivity contribution in [3.05, 3.63) is 41.7 Å². The van der Waals surface area contributed by atoms with Gasteiger partial charge in [0.1, 0.15) is 5.75 Å². The summed E-state index contributed by atoms with van der Waals surface area (Å²) in [5, 5.41) is 10.7.